The molecule has 10 nitrogen and oxygen atoms in total. The van der Waals surface area contributed by atoms with Crippen molar-refractivity contribution < 1.29 is 29.4 Å². The van der Waals surface area contributed by atoms with Crippen molar-refractivity contribution in [3.63, 3.8) is 0 Å². The summed E-state index contributed by atoms with van der Waals surface area (Å²) in [6, 6.07) is -4.15. The molecule has 180 valence electrons. The molecule has 0 rings (SSSR count). The molecular weight excluding hydrogens is 404 g/mol. The van der Waals surface area contributed by atoms with Crippen LogP contribution in [0.3, 0.4) is 0 Å². The number of carboxylic acids is 1. The molecule has 10 heteroatoms. The van der Waals surface area contributed by atoms with Crippen LogP contribution in [0, 0.1) is 17.8 Å². The van der Waals surface area contributed by atoms with E-state index in [0.717, 1.165) is 0 Å². The standard InChI is InChI=1S/C21H40N4O6/c1-7-13(6)17(25-18(27)14(22)10-26)20(29)23-15(8-11(2)3)19(28)24-16(21(30)31)9-12(4)5/h11-17,26H,7-10,22H2,1-6H3,(H,23,29)(H,24,28)(H,25,27)(H,30,31). The molecule has 0 radical (unpaired) electrons. The Labute approximate surface area is 184 Å². The van der Waals surface area contributed by atoms with Crippen molar-refractivity contribution >= 4 is 23.7 Å². The highest BCUT2D eigenvalue weighted by Crippen LogP contribution is 2.12. The van der Waals surface area contributed by atoms with E-state index in [-0.39, 0.29) is 24.2 Å². The molecular formula is C21H40N4O6. The molecule has 0 fully saturated rings. The third kappa shape index (κ3) is 10.6. The van der Waals surface area contributed by atoms with Crippen LogP contribution in [0.4, 0.5) is 0 Å². The van der Waals surface area contributed by atoms with Gasteiger partial charge in [0, 0.05) is 0 Å². The van der Waals surface area contributed by atoms with Gasteiger partial charge in [-0.2, -0.15) is 0 Å². The van der Waals surface area contributed by atoms with E-state index in [1.807, 2.05) is 34.6 Å². The first kappa shape index (κ1) is 28.8. The van der Waals surface area contributed by atoms with Gasteiger partial charge in [0.25, 0.3) is 0 Å². The maximum absolute atomic E-state index is 13.0. The van der Waals surface area contributed by atoms with Crippen LogP contribution in [0.2, 0.25) is 0 Å². The number of nitrogens with one attached hydrogen (secondary N) is 3. The van der Waals surface area contributed by atoms with E-state index in [1.165, 1.54) is 0 Å². The Morgan fingerprint density at radius 3 is 1.71 bits per heavy atom. The summed E-state index contributed by atoms with van der Waals surface area (Å²) in [7, 11) is 0. The van der Waals surface area contributed by atoms with Gasteiger partial charge in [0.2, 0.25) is 17.7 Å². The van der Waals surface area contributed by atoms with E-state index in [2.05, 4.69) is 16.0 Å². The van der Waals surface area contributed by atoms with Crippen LogP contribution < -0.4 is 21.7 Å². The predicted molar refractivity (Wildman–Crippen MR) is 117 cm³/mol. The number of carbonyl (C=O) groups excluding carboxylic acids is 3. The zero-order valence-corrected chi connectivity index (χ0v) is 19.5. The van der Waals surface area contributed by atoms with E-state index in [4.69, 9.17) is 10.8 Å². The summed E-state index contributed by atoms with van der Waals surface area (Å²) in [6.45, 7) is 10.5. The number of hydrogen-bond donors (Lipinski definition) is 6. The Balaban J connectivity index is 5.52. The SMILES string of the molecule is CCC(C)C(NC(=O)C(N)CO)C(=O)NC(CC(C)C)C(=O)NC(CC(C)C)C(=O)O. The fourth-order valence-corrected chi connectivity index (χ4v) is 2.97. The summed E-state index contributed by atoms with van der Waals surface area (Å²) in [5, 5.41) is 26.2. The number of aliphatic hydroxyl groups is 1. The molecule has 0 saturated heterocycles. The highest BCUT2D eigenvalue weighted by molar-refractivity contribution is 5.94. The van der Waals surface area contributed by atoms with Crippen molar-refractivity contribution in [1.29, 1.82) is 0 Å². The third-order valence-corrected chi connectivity index (χ3v) is 4.99. The zero-order chi connectivity index (χ0) is 24.3. The van der Waals surface area contributed by atoms with Crippen LogP contribution in [-0.2, 0) is 19.2 Å². The van der Waals surface area contributed by atoms with Crippen LogP contribution in [0.25, 0.3) is 0 Å². The normalized spacial score (nSPS) is 16.2. The third-order valence-electron chi connectivity index (χ3n) is 4.99. The summed E-state index contributed by atoms with van der Waals surface area (Å²) >= 11 is 0. The second-order valence-corrected chi connectivity index (χ2v) is 8.88. The lowest BCUT2D eigenvalue weighted by Gasteiger charge is -2.28. The molecule has 0 aromatic heterocycles. The smallest absolute Gasteiger partial charge is 0.326 e. The van der Waals surface area contributed by atoms with Gasteiger partial charge in [0.15, 0.2) is 0 Å². The second-order valence-electron chi connectivity index (χ2n) is 8.88. The number of nitrogens with two attached hydrogens (primary N) is 1. The Morgan fingerprint density at radius 1 is 0.806 bits per heavy atom. The Morgan fingerprint density at radius 2 is 1.29 bits per heavy atom. The van der Waals surface area contributed by atoms with Crippen LogP contribution in [0.1, 0.15) is 60.8 Å². The van der Waals surface area contributed by atoms with Crippen molar-refractivity contribution in [2.75, 3.05) is 6.61 Å². The maximum Gasteiger partial charge on any atom is 0.326 e. The minimum atomic E-state index is -1.17. The summed E-state index contributed by atoms with van der Waals surface area (Å²) in [6.07, 6.45) is 1.13. The van der Waals surface area contributed by atoms with Crippen LogP contribution in [-0.4, -0.2) is 64.7 Å². The lowest BCUT2D eigenvalue weighted by molar-refractivity contribution is -0.143. The summed E-state index contributed by atoms with van der Waals surface area (Å²) in [5.41, 5.74) is 5.53. The molecule has 0 aromatic carbocycles. The van der Waals surface area contributed by atoms with Gasteiger partial charge in [-0.15, -0.1) is 0 Å². The quantitative estimate of drug-likeness (QED) is 0.219. The molecule has 0 spiro atoms. The van der Waals surface area contributed by atoms with Gasteiger partial charge in [-0.05, 0) is 30.6 Å². The molecule has 0 saturated carbocycles. The number of rotatable bonds is 14. The molecule has 3 amide bonds. The van der Waals surface area contributed by atoms with Crippen LogP contribution >= 0.6 is 0 Å². The first-order chi connectivity index (χ1) is 14.3. The largest absolute Gasteiger partial charge is 0.480 e. The number of aliphatic carboxylic acids is 1. The molecule has 0 bridgehead atoms. The average Bonchev–Trinajstić information content (AvgIpc) is 2.68. The molecule has 31 heavy (non-hydrogen) atoms. The second kappa shape index (κ2) is 14.0. The first-order valence-electron chi connectivity index (χ1n) is 10.8. The molecule has 0 aliphatic heterocycles. The van der Waals surface area contributed by atoms with Gasteiger partial charge in [-0.3, -0.25) is 14.4 Å². The fourth-order valence-electron chi connectivity index (χ4n) is 2.97. The van der Waals surface area contributed by atoms with Crippen LogP contribution in [0.5, 0.6) is 0 Å². The van der Waals surface area contributed by atoms with Gasteiger partial charge in [0.1, 0.15) is 24.2 Å². The van der Waals surface area contributed by atoms with Crippen molar-refractivity contribution in [3.8, 4) is 0 Å². The topological polar surface area (TPSA) is 171 Å². The molecule has 0 aliphatic rings. The van der Waals surface area contributed by atoms with Crippen molar-refractivity contribution in [2.45, 2.75) is 85.0 Å². The molecule has 0 aliphatic carbocycles. The Bertz CT molecular complexity index is 611. The molecule has 0 aromatic rings. The van der Waals surface area contributed by atoms with E-state index >= 15 is 0 Å². The monoisotopic (exact) mass is 444 g/mol. The van der Waals surface area contributed by atoms with E-state index in [1.54, 1.807) is 6.92 Å². The molecule has 5 atom stereocenters. The van der Waals surface area contributed by atoms with Gasteiger partial charge < -0.3 is 31.9 Å². The van der Waals surface area contributed by atoms with E-state index < -0.39 is 54.5 Å². The lowest BCUT2D eigenvalue weighted by atomic mass is 9.96. The van der Waals surface area contributed by atoms with Crippen molar-refractivity contribution in [3.05, 3.63) is 0 Å². The summed E-state index contributed by atoms with van der Waals surface area (Å²) in [5.74, 6) is -3.12. The summed E-state index contributed by atoms with van der Waals surface area (Å²) in [4.78, 5) is 49.4. The predicted octanol–water partition coefficient (Wildman–Crippen LogP) is -0.0167. The Hall–Kier alpha value is -2.20. The first-order valence-corrected chi connectivity index (χ1v) is 10.8. The van der Waals surface area contributed by atoms with Gasteiger partial charge in [-0.1, -0.05) is 48.0 Å². The number of amides is 3. The van der Waals surface area contributed by atoms with Gasteiger partial charge in [0.05, 0.1) is 6.61 Å². The minimum Gasteiger partial charge on any atom is -0.480 e. The maximum atomic E-state index is 13.0. The molecule has 7 N–H and O–H groups in total. The van der Waals surface area contributed by atoms with Crippen LogP contribution in [0.15, 0.2) is 0 Å². The Kier molecular flexibility index (Phi) is 13.0. The zero-order valence-electron chi connectivity index (χ0n) is 19.5. The van der Waals surface area contributed by atoms with E-state index in [0.29, 0.717) is 12.8 Å². The average molecular weight is 445 g/mol. The highest BCUT2D eigenvalue weighted by atomic mass is 16.4. The number of hydrogen-bond acceptors (Lipinski definition) is 6. The number of carboxylic acid groups (broad SMARTS) is 1. The summed E-state index contributed by atoms with van der Waals surface area (Å²) < 4.78 is 0. The van der Waals surface area contributed by atoms with Gasteiger partial charge >= 0.3 is 5.97 Å². The lowest BCUT2D eigenvalue weighted by Crippen LogP contribution is -2.59. The molecule has 0 heterocycles. The number of aliphatic hydroxyl groups excluding tert-OH is 1. The van der Waals surface area contributed by atoms with E-state index in [9.17, 15) is 24.3 Å². The van der Waals surface area contributed by atoms with Crippen molar-refractivity contribution in [2.24, 2.45) is 23.5 Å². The van der Waals surface area contributed by atoms with Gasteiger partial charge in [-0.25, -0.2) is 4.79 Å². The molecule has 5 unspecified atom stereocenters. The fraction of sp³-hybridized carbons (Fsp3) is 0.810. The number of carbonyl (C=O) groups is 4. The highest BCUT2D eigenvalue weighted by Gasteiger charge is 2.32. The minimum absolute atomic E-state index is 0.0453. The van der Waals surface area contributed by atoms with Crippen molar-refractivity contribution in [1.82, 2.24) is 16.0 Å².